The fourth-order valence-electron chi connectivity index (χ4n) is 1.25. The Morgan fingerprint density at radius 1 is 0.875 bits per heavy atom. The Morgan fingerprint density at radius 3 is 1.94 bits per heavy atom. The second-order valence-electron chi connectivity index (χ2n) is 2.86. The van der Waals surface area contributed by atoms with Crippen LogP contribution in [0.2, 0.25) is 0 Å². The van der Waals surface area contributed by atoms with E-state index in [0.717, 1.165) is 11.3 Å². The molecule has 0 nitrogen and oxygen atoms in total. The van der Waals surface area contributed by atoms with Crippen LogP contribution in [0.3, 0.4) is 0 Å². The van der Waals surface area contributed by atoms with E-state index in [4.69, 9.17) is 0 Å². The summed E-state index contributed by atoms with van der Waals surface area (Å²) in [7, 11) is 0. The standard InChI is InChI=1S/C9H4F4S.C2H6/c1-3-2-4-5(10)6(11)7(12)8(13)9(4)14-3;1-2/h2H,1H3;1-2H3. The highest BCUT2D eigenvalue weighted by atomic mass is 32.1. The maximum Gasteiger partial charge on any atom is 0.198 e. The maximum atomic E-state index is 13.1. The molecule has 0 spiro atoms. The largest absolute Gasteiger partial charge is 0.203 e. The summed E-state index contributed by atoms with van der Waals surface area (Å²) >= 11 is 0.894. The fourth-order valence-corrected chi connectivity index (χ4v) is 2.19. The summed E-state index contributed by atoms with van der Waals surface area (Å²) in [5.41, 5.74) is 0. The highest BCUT2D eigenvalue weighted by molar-refractivity contribution is 7.19. The fraction of sp³-hybridized carbons (Fsp3) is 0.273. The molecule has 0 radical (unpaired) electrons. The first-order chi connectivity index (χ1) is 7.52. The maximum absolute atomic E-state index is 13.1. The monoisotopic (exact) mass is 250 g/mol. The molecule has 2 aromatic rings. The first kappa shape index (κ1) is 13.0. The summed E-state index contributed by atoms with van der Waals surface area (Å²) < 4.78 is 51.5. The summed E-state index contributed by atoms with van der Waals surface area (Å²) in [4.78, 5) is 0.600. The topological polar surface area (TPSA) is 0 Å². The normalized spacial score (nSPS) is 10.2. The number of rotatable bonds is 0. The zero-order valence-corrected chi connectivity index (χ0v) is 9.81. The minimum Gasteiger partial charge on any atom is -0.203 e. The Balaban J connectivity index is 0.000000606. The molecule has 1 aromatic carbocycles. The van der Waals surface area contributed by atoms with Gasteiger partial charge < -0.3 is 0 Å². The number of benzene rings is 1. The SMILES string of the molecule is CC.Cc1cc2c(F)c(F)c(F)c(F)c2s1. The Kier molecular flexibility index (Phi) is 3.91. The van der Waals surface area contributed by atoms with Crippen LogP contribution in [0.25, 0.3) is 10.1 Å². The van der Waals surface area contributed by atoms with Crippen LogP contribution in [0.4, 0.5) is 17.6 Å². The lowest BCUT2D eigenvalue weighted by atomic mass is 10.2. The molecule has 0 atom stereocenters. The molecular weight excluding hydrogens is 240 g/mol. The zero-order valence-electron chi connectivity index (χ0n) is 9.00. The third kappa shape index (κ3) is 1.91. The zero-order chi connectivity index (χ0) is 12.5. The average molecular weight is 250 g/mol. The molecule has 88 valence electrons. The third-order valence-corrected chi connectivity index (χ3v) is 2.91. The Hall–Kier alpha value is -1.10. The molecule has 0 aliphatic carbocycles. The van der Waals surface area contributed by atoms with E-state index >= 15 is 0 Å². The van der Waals surface area contributed by atoms with Crippen LogP contribution in [-0.2, 0) is 0 Å². The van der Waals surface area contributed by atoms with Gasteiger partial charge in [-0.15, -0.1) is 11.3 Å². The molecule has 0 saturated carbocycles. The van der Waals surface area contributed by atoms with Gasteiger partial charge in [0, 0.05) is 10.3 Å². The van der Waals surface area contributed by atoms with Crippen LogP contribution in [0.1, 0.15) is 18.7 Å². The highest BCUT2D eigenvalue weighted by Crippen LogP contribution is 2.32. The molecule has 2 rings (SSSR count). The summed E-state index contributed by atoms with van der Waals surface area (Å²) in [6.07, 6.45) is 0. The Labute approximate surface area is 94.5 Å². The molecule has 1 heterocycles. The van der Waals surface area contributed by atoms with Crippen molar-refractivity contribution < 1.29 is 17.6 Å². The number of thiophene rings is 1. The lowest BCUT2D eigenvalue weighted by molar-refractivity contribution is 0.419. The van der Waals surface area contributed by atoms with Gasteiger partial charge >= 0.3 is 0 Å². The summed E-state index contributed by atoms with van der Waals surface area (Å²) in [6, 6.07) is 1.29. The van der Waals surface area contributed by atoms with Gasteiger partial charge in [0.15, 0.2) is 23.3 Å². The lowest BCUT2D eigenvalue weighted by Gasteiger charge is -1.98. The number of fused-ring (bicyclic) bond motifs is 1. The third-order valence-electron chi connectivity index (χ3n) is 1.87. The van der Waals surface area contributed by atoms with Crippen molar-refractivity contribution in [3.05, 3.63) is 34.2 Å². The molecule has 0 N–H and O–H groups in total. The van der Waals surface area contributed by atoms with E-state index in [1.54, 1.807) is 6.92 Å². The molecule has 0 bridgehead atoms. The van der Waals surface area contributed by atoms with E-state index in [2.05, 4.69) is 0 Å². The van der Waals surface area contributed by atoms with E-state index < -0.39 is 23.3 Å². The van der Waals surface area contributed by atoms with Crippen molar-refractivity contribution in [3.8, 4) is 0 Å². The van der Waals surface area contributed by atoms with Crippen LogP contribution in [-0.4, -0.2) is 0 Å². The summed E-state index contributed by atoms with van der Waals surface area (Å²) in [5.74, 6) is -6.16. The predicted octanol–water partition coefficient (Wildman–Crippen LogP) is 4.79. The number of hydrogen-bond acceptors (Lipinski definition) is 1. The van der Waals surface area contributed by atoms with Gasteiger partial charge in [-0.2, -0.15) is 0 Å². The van der Waals surface area contributed by atoms with Gasteiger partial charge in [0.05, 0.1) is 4.70 Å². The van der Waals surface area contributed by atoms with Crippen molar-refractivity contribution in [3.63, 3.8) is 0 Å². The van der Waals surface area contributed by atoms with Crippen molar-refractivity contribution in [2.75, 3.05) is 0 Å². The molecule has 5 heteroatoms. The van der Waals surface area contributed by atoms with Gasteiger partial charge in [-0.3, -0.25) is 0 Å². The van der Waals surface area contributed by atoms with Gasteiger partial charge in [-0.1, -0.05) is 13.8 Å². The van der Waals surface area contributed by atoms with E-state index in [1.165, 1.54) is 6.07 Å². The summed E-state index contributed by atoms with van der Waals surface area (Å²) in [5, 5.41) is -0.205. The first-order valence-corrected chi connectivity index (χ1v) is 5.56. The number of aryl methyl sites for hydroxylation is 1. The van der Waals surface area contributed by atoms with Gasteiger partial charge in [0.2, 0.25) is 0 Å². The van der Waals surface area contributed by atoms with Crippen molar-refractivity contribution in [1.82, 2.24) is 0 Å². The van der Waals surface area contributed by atoms with Crippen molar-refractivity contribution in [2.24, 2.45) is 0 Å². The van der Waals surface area contributed by atoms with Gasteiger partial charge in [0.1, 0.15) is 0 Å². The van der Waals surface area contributed by atoms with Crippen LogP contribution < -0.4 is 0 Å². The molecular formula is C11H10F4S. The van der Waals surface area contributed by atoms with Crippen LogP contribution >= 0.6 is 11.3 Å². The van der Waals surface area contributed by atoms with Crippen molar-refractivity contribution >= 4 is 21.4 Å². The Morgan fingerprint density at radius 2 is 1.38 bits per heavy atom. The van der Waals surface area contributed by atoms with E-state index in [0.29, 0.717) is 4.88 Å². The van der Waals surface area contributed by atoms with Crippen LogP contribution in [0.5, 0.6) is 0 Å². The van der Waals surface area contributed by atoms with E-state index in [9.17, 15) is 17.6 Å². The molecule has 0 fully saturated rings. The van der Waals surface area contributed by atoms with Crippen molar-refractivity contribution in [1.29, 1.82) is 0 Å². The van der Waals surface area contributed by atoms with Crippen LogP contribution in [0.15, 0.2) is 6.07 Å². The minimum absolute atomic E-state index is 0.182. The summed E-state index contributed by atoms with van der Waals surface area (Å²) in [6.45, 7) is 5.61. The minimum atomic E-state index is -1.76. The van der Waals surface area contributed by atoms with Crippen LogP contribution in [0, 0.1) is 30.2 Å². The predicted molar refractivity (Wildman–Crippen MR) is 57.7 cm³/mol. The Bertz CT molecular complexity index is 471. The second kappa shape index (κ2) is 4.82. The highest BCUT2D eigenvalue weighted by Gasteiger charge is 2.21. The molecule has 0 aliphatic rings. The quantitative estimate of drug-likeness (QED) is 0.358. The van der Waals surface area contributed by atoms with Crippen molar-refractivity contribution in [2.45, 2.75) is 20.8 Å². The second-order valence-corrected chi connectivity index (χ2v) is 4.11. The van der Waals surface area contributed by atoms with E-state index in [1.807, 2.05) is 13.8 Å². The lowest BCUT2D eigenvalue weighted by Crippen LogP contribution is -1.95. The molecule has 16 heavy (non-hydrogen) atoms. The van der Waals surface area contributed by atoms with E-state index in [-0.39, 0.29) is 10.1 Å². The number of hydrogen-bond donors (Lipinski definition) is 0. The molecule has 0 amide bonds. The molecule has 0 unspecified atom stereocenters. The molecule has 0 saturated heterocycles. The smallest absolute Gasteiger partial charge is 0.198 e. The first-order valence-electron chi connectivity index (χ1n) is 4.74. The van der Waals surface area contributed by atoms with Gasteiger partial charge in [-0.25, -0.2) is 17.6 Å². The molecule has 0 aliphatic heterocycles. The number of halogens is 4. The molecule has 1 aromatic heterocycles. The average Bonchev–Trinajstić information content (AvgIpc) is 2.68. The van der Waals surface area contributed by atoms with Gasteiger partial charge in [-0.05, 0) is 13.0 Å². The van der Waals surface area contributed by atoms with Gasteiger partial charge in [0.25, 0.3) is 0 Å².